The summed E-state index contributed by atoms with van der Waals surface area (Å²) in [6.07, 6.45) is 0.579. The highest BCUT2D eigenvalue weighted by molar-refractivity contribution is 6.42. The van der Waals surface area contributed by atoms with Crippen LogP contribution >= 0.6 is 23.2 Å². The molecule has 1 unspecified atom stereocenters. The number of rotatable bonds is 5. The molecule has 0 aliphatic heterocycles. The average molecular weight is 326 g/mol. The second-order valence-electron chi connectivity index (χ2n) is 4.67. The predicted molar refractivity (Wildman–Crippen MR) is 86.6 cm³/mol. The maximum atomic E-state index is 6.28. The van der Waals surface area contributed by atoms with Crippen LogP contribution in [-0.4, -0.2) is 14.2 Å². The van der Waals surface area contributed by atoms with Crippen LogP contribution in [0.1, 0.15) is 17.2 Å². The van der Waals surface area contributed by atoms with Gasteiger partial charge in [0.15, 0.2) is 0 Å². The molecule has 2 aromatic carbocycles. The van der Waals surface area contributed by atoms with Crippen LogP contribution in [0, 0.1) is 0 Å². The maximum Gasteiger partial charge on any atom is 0.122 e. The Labute approximate surface area is 134 Å². The number of halogens is 2. The summed E-state index contributed by atoms with van der Waals surface area (Å²) in [6, 6.07) is 10.9. The zero-order chi connectivity index (χ0) is 15.4. The van der Waals surface area contributed by atoms with Gasteiger partial charge in [0, 0.05) is 12.1 Å². The number of hydrogen-bond acceptors (Lipinski definition) is 3. The van der Waals surface area contributed by atoms with Crippen molar-refractivity contribution in [2.45, 2.75) is 12.5 Å². The van der Waals surface area contributed by atoms with E-state index in [0.29, 0.717) is 28.0 Å². The van der Waals surface area contributed by atoms with E-state index in [1.54, 1.807) is 20.3 Å². The molecule has 1 atom stereocenters. The van der Waals surface area contributed by atoms with Gasteiger partial charge in [-0.15, -0.1) is 0 Å². The Kier molecular flexibility index (Phi) is 5.34. The van der Waals surface area contributed by atoms with Gasteiger partial charge < -0.3 is 15.2 Å². The first-order valence-electron chi connectivity index (χ1n) is 6.46. The van der Waals surface area contributed by atoms with Crippen molar-refractivity contribution in [2.24, 2.45) is 5.73 Å². The monoisotopic (exact) mass is 325 g/mol. The second-order valence-corrected chi connectivity index (χ2v) is 5.45. The van der Waals surface area contributed by atoms with Crippen molar-refractivity contribution >= 4 is 23.2 Å². The molecular weight excluding hydrogens is 309 g/mol. The van der Waals surface area contributed by atoms with Crippen molar-refractivity contribution in [1.82, 2.24) is 0 Å². The van der Waals surface area contributed by atoms with Crippen LogP contribution < -0.4 is 15.2 Å². The SMILES string of the molecule is COc1cc(OC)cc(C(N)Cc2cccc(Cl)c2Cl)c1. The zero-order valence-electron chi connectivity index (χ0n) is 11.9. The van der Waals surface area contributed by atoms with Crippen LogP contribution in [0.15, 0.2) is 36.4 Å². The summed E-state index contributed by atoms with van der Waals surface area (Å²) in [5.41, 5.74) is 8.11. The van der Waals surface area contributed by atoms with Crippen LogP contribution in [0.4, 0.5) is 0 Å². The molecular formula is C16H17Cl2NO2. The Hall–Kier alpha value is -1.42. The fourth-order valence-corrected chi connectivity index (χ4v) is 2.50. The van der Waals surface area contributed by atoms with E-state index >= 15 is 0 Å². The van der Waals surface area contributed by atoms with Crippen LogP contribution in [0.25, 0.3) is 0 Å². The smallest absolute Gasteiger partial charge is 0.122 e. The molecule has 0 radical (unpaired) electrons. The summed E-state index contributed by atoms with van der Waals surface area (Å²) in [4.78, 5) is 0. The van der Waals surface area contributed by atoms with E-state index in [-0.39, 0.29) is 6.04 Å². The highest BCUT2D eigenvalue weighted by Gasteiger charge is 2.13. The summed E-state index contributed by atoms with van der Waals surface area (Å²) < 4.78 is 10.5. The molecule has 0 fully saturated rings. The van der Waals surface area contributed by atoms with Gasteiger partial charge in [-0.3, -0.25) is 0 Å². The fourth-order valence-electron chi connectivity index (χ4n) is 2.10. The van der Waals surface area contributed by atoms with Gasteiger partial charge in [0.05, 0.1) is 24.3 Å². The van der Waals surface area contributed by atoms with Crippen LogP contribution in [-0.2, 0) is 6.42 Å². The number of nitrogens with two attached hydrogens (primary N) is 1. The van der Waals surface area contributed by atoms with Gasteiger partial charge in [-0.05, 0) is 35.7 Å². The Bertz CT molecular complexity index is 609. The minimum atomic E-state index is -0.232. The van der Waals surface area contributed by atoms with Gasteiger partial charge in [0.1, 0.15) is 11.5 Å². The standard InChI is InChI=1S/C16H17Cl2NO2/c1-20-12-6-11(7-13(9-12)21-2)15(19)8-10-4-3-5-14(17)16(10)18/h3-7,9,15H,8,19H2,1-2H3. The Balaban J connectivity index is 2.27. The third-order valence-corrected chi connectivity index (χ3v) is 4.13. The molecule has 0 aliphatic carbocycles. The van der Waals surface area contributed by atoms with Crippen molar-refractivity contribution in [3.8, 4) is 11.5 Å². The molecule has 0 amide bonds. The van der Waals surface area contributed by atoms with E-state index in [1.165, 1.54) is 0 Å². The Morgan fingerprint density at radius 2 is 1.67 bits per heavy atom. The predicted octanol–water partition coefficient (Wildman–Crippen LogP) is 4.25. The molecule has 0 aromatic heterocycles. The summed E-state index contributed by atoms with van der Waals surface area (Å²) in [7, 11) is 3.22. The lowest BCUT2D eigenvalue weighted by molar-refractivity contribution is 0.392. The van der Waals surface area contributed by atoms with E-state index in [2.05, 4.69) is 0 Å². The van der Waals surface area contributed by atoms with Gasteiger partial charge >= 0.3 is 0 Å². The molecule has 112 valence electrons. The lowest BCUT2D eigenvalue weighted by Crippen LogP contribution is -2.14. The van der Waals surface area contributed by atoms with E-state index in [1.807, 2.05) is 30.3 Å². The normalized spacial score (nSPS) is 12.0. The lowest BCUT2D eigenvalue weighted by Gasteiger charge is -2.16. The lowest BCUT2D eigenvalue weighted by atomic mass is 9.99. The number of benzene rings is 2. The first-order chi connectivity index (χ1) is 10.0. The van der Waals surface area contributed by atoms with E-state index in [4.69, 9.17) is 38.4 Å². The minimum Gasteiger partial charge on any atom is -0.497 e. The first-order valence-corrected chi connectivity index (χ1v) is 7.22. The third-order valence-electron chi connectivity index (χ3n) is 3.27. The largest absolute Gasteiger partial charge is 0.497 e. The quantitative estimate of drug-likeness (QED) is 0.893. The first kappa shape index (κ1) is 16.0. The van der Waals surface area contributed by atoms with Gasteiger partial charge in [-0.2, -0.15) is 0 Å². The molecule has 2 N–H and O–H groups in total. The molecule has 0 spiro atoms. The average Bonchev–Trinajstić information content (AvgIpc) is 2.51. The number of methoxy groups -OCH3 is 2. The highest BCUT2D eigenvalue weighted by atomic mass is 35.5. The molecule has 2 rings (SSSR count). The van der Waals surface area contributed by atoms with Crippen molar-refractivity contribution in [2.75, 3.05) is 14.2 Å². The molecule has 0 heterocycles. The van der Waals surface area contributed by atoms with Crippen molar-refractivity contribution < 1.29 is 9.47 Å². The Morgan fingerprint density at radius 1 is 1.05 bits per heavy atom. The fraction of sp³-hybridized carbons (Fsp3) is 0.250. The third kappa shape index (κ3) is 3.82. The minimum absolute atomic E-state index is 0.232. The number of hydrogen-bond donors (Lipinski definition) is 1. The molecule has 0 saturated carbocycles. The summed E-state index contributed by atoms with van der Waals surface area (Å²) in [5, 5.41) is 1.08. The van der Waals surface area contributed by atoms with E-state index in [0.717, 1.165) is 11.1 Å². The molecule has 0 saturated heterocycles. The highest BCUT2D eigenvalue weighted by Crippen LogP contribution is 2.31. The number of ether oxygens (including phenoxy) is 2. The summed E-state index contributed by atoms with van der Waals surface area (Å²) in [6.45, 7) is 0. The van der Waals surface area contributed by atoms with Crippen LogP contribution in [0.3, 0.4) is 0 Å². The van der Waals surface area contributed by atoms with Gasteiger partial charge in [0.2, 0.25) is 0 Å². The van der Waals surface area contributed by atoms with E-state index in [9.17, 15) is 0 Å². The van der Waals surface area contributed by atoms with Gasteiger partial charge in [-0.1, -0.05) is 35.3 Å². The van der Waals surface area contributed by atoms with Gasteiger partial charge in [0.25, 0.3) is 0 Å². The maximum absolute atomic E-state index is 6.28. The molecule has 0 bridgehead atoms. The van der Waals surface area contributed by atoms with Crippen molar-refractivity contribution in [3.05, 3.63) is 57.6 Å². The van der Waals surface area contributed by atoms with Crippen molar-refractivity contribution in [1.29, 1.82) is 0 Å². The second kappa shape index (κ2) is 7.03. The van der Waals surface area contributed by atoms with E-state index < -0.39 is 0 Å². The molecule has 0 aliphatic rings. The topological polar surface area (TPSA) is 44.5 Å². The molecule has 5 heteroatoms. The zero-order valence-corrected chi connectivity index (χ0v) is 13.4. The van der Waals surface area contributed by atoms with Gasteiger partial charge in [-0.25, -0.2) is 0 Å². The van der Waals surface area contributed by atoms with Crippen molar-refractivity contribution in [3.63, 3.8) is 0 Å². The summed E-state index contributed by atoms with van der Waals surface area (Å²) in [5.74, 6) is 1.41. The molecule has 21 heavy (non-hydrogen) atoms. The summed E-state index contributed by atoms with van der Waals surface area (Å²) >= 11 is 12.2. The molecule has 2 aromatic rings. The molecule has 3 nitrogen and oxygen atoms in total. The van der Waals surface area contributed by atoms with Crippen LogP contribution in [0.5, 0.6) is 11.5 Å². The van der Waals surface area contributed by atoms with Crippen LogP contribution in [0.2, 0.25) is 10.0 Å². The Morgan fingerprint density at radius 3 is 2.24 bits per heavy atom.